The molecule has 1 aromatic heterocycles. The molecular weight excluding hydrogens is 390 g/mol. The molecule has 31 heavy (non-hydrogen) atoms. The Bertz CT molecular complexity index is 839. The van der Waals surface area contributed by atoms with Crippen LogP contribution in [0.3, 0.4) is 0 Å². The minimum Gasteiger partial charge on any atom is -0.464 e. The molecular formula is C25H37N3O3. The number of urea groups is 1. The molecule has 6 nitrogen and oxygen atoms in total. The number of hydrogen-bond acceptors (Lipinski definition) is 3. The zero-order chi connectivity index (χ0) is 23.0. The number of aryl methyl sites for hydroxylation is 1. The lowest BCUT2D eigenvalue weighted by molar-refractivity contribution is -0.133. The van der Waals surface area contributed by atoms with Gasteiger partial charge in [-0.05, 0) is 65.2 Å². The van der Waals surface area contributed by atoms with Crippen molar-refractivity contribution in [3.8, 4) is 0 Å². The Morgan fingerprint density at radius 2 is 1.77 bits per heavy atom. The summed E-state index contributed by atoms with van der Waals surface area (Å²) in [6, 6.07) is 13.6. The Morgan fingerprint density at radius 1 is 1.10 bits per heavy atom. The first-order chi connectivity index (χ1) is 14.6. The van der Waals surface area contributed by atoms with Crippen molar-refractivity contribution >= 4 is 11.9 Å². The average molecular weight is 428 g/mol. The Kier molecular flexibility index (Phi) is 8.72. The molecule has 3 amide bonds. The monoisotopic (exact) mass is 427 g/mol. The van der Waals surface area contributed by atoms with Gasteiger partial charge in [0.2, 0.25) is 5.91 Å². The number of carbonyl (C=O) groups excluding carboxylic acids is 2. The van der Waals surface area contributed by atoms with Crippen LogP contribution in [0.15, 0.2) is 46.9 Å². The summed E-state index contributed by atoms with van der Waals surface area (Å²) in [5.74, 6) is 1.47. The second kappa shape index (κ2) is 11.0. The first kappa shape index (κ1) is 24.5. The molecule has 2 rings (SSSR count). The summed E-state index contributed by atoms with van der Waals surface area (Å²) < 4.78 is 5.72. The van der Waals surface area contributed by atoms with Crippen LogP contribution in [0.25, 0.3) is 0 Å². The summed E-state index contributed by atoms with van der Waals surface area (Å²) in [6.07, 6.45) is 1.51. The topological polar surface area (TPSA) is 65.8 Å². The van der Waals surface area contributed by atoms with Crippen LogP contribution in [0.2, 0.25) is 0 Å². The summed E-state index contributed by atoms with van der Waals surface area (Å²) >= 11 is 0. The Labute approximate surface area is 186 Å². The van der Waals surface area contributed by atoms with Crippen LogP contribution >= 0.6 is 0 Å². The van der Waals surface area contributed by atoms with Crippen molar-refractivity contribution in [2.45, 2.75) is 72.5 Å². The highest BCUT2D eigenvalue weighted by atomic mass is 16.3. The van der Waals surface area contributed by atoms with Crippen LogP contribution in [0.4, 0.5) is 4.79 Å². The first-order valence-corrected chi connectivity index (χ1v) is 11.0. The molecule has 0 radical (unpaired) electrons. The van der Waals surface area contributed by atoms with Gasteiger partial charge in [0.1, 0.15) is 18.1 Å². The predicted octanol–water partition coefficient (Wildman–Crippen LogP) is 4.77. The Balaban J connectivity index is 2.16. The highest BCUT2D eigenvalue weighted by Crippen LogP contribution is 2.14. The van der Waals surface area contributed by atoms with E-state index in [1.54, 1.807) is 9.80 Å². The number of nitrogens with one attached hydrogen (secondary N) is 1. The summed E-state index contributed by atoms with van der Waals surface area (Å²) in [6.45, 7) is 12.7. The van der Waals surface area contributed by atoms with Crippen LogP contribution in [0.5, 0.6) is 0 Å². The van der Waals surface area contributed by atoms with Crippen molar-refractivity contribution in [1.82, 2.24) is 15.1 Å². The van der Waals surface area contributed by atoms with Gasteiger partial charge in [0.05, 0.1) is 6.54 Å². The fourth-order valence-electron chi connectivity index (χ4n) is 3.25. The van der Waals surface area contributed by atoms with E-state index in [0.29, 0.717) is 13.1 Å². The van der Waals surface area contributed by atoms with Gasteiger partial charge in [0, 0.05) is 18.1 Å². The van der Waals surface area contributed by atoms with Crippen molar-refractivity contribution < 1.29 is 14.0 Å². The molecule has 0 saturated carbocycles. The predicted molar refractivity (Wildman–Crippen MR) is 124 cm³/mol. The molecule has 0 bridgehead atoms. The fraction of sp³-hybridized carbons (Fsp3) is 0.520. The molecule has 1 heterocycles. The lowest BCUT2D eigenvalue weighted by Crippen LogP contribution is -2.54. The zero-order valence-electron chi connectivity index (χ0n) is 19.8. The van der Waals surface area contributed by atoms with Gasteiger partial charge in [-0.3, -0.25) is 4.79 Å². The lowest BCUT2D eigenvalue weighted by atomic mass is 10.1. The van der Waals surface area contributed by atoms with E-state index in [2.05, 4.69) is 17.4 Å². The molecule has 0 aliphatic carbocycles. The van der Waals surface area contributed by atoms with Crippen molar-refractivity contribution in [1.29, 1.82) is 0 Å². The van der Waals surface area contributed by atoms with Gasteiger partial charge in [-0.2, -0.15) is 0 Å². The second-order valence-electron chi connectivity index (χ2n) is 9.13. The van der Waals surface area contributed by atoms with Crippen LogP contribution in [-0.2, 0) is 17.8 Å². The van der Waals surface area contributed by atoms with Crippen LogP contribution in [-0.4, -0.2) is 46.4 Å². The zero-order valence-corrected chi connectivity index (χ0v) is 19.8. The van der Waals surface area contributed by atoms with E-state index in [1.165, 1.54) is 5.56 Å². The second-order valence-corrected chi connectivity index (χ2v) is 9.13. The molecule has 1 atom stereocenters. The number of nitrogens with zero attached hydrogens (tertiary/aromatic N) is 2. The molecule has 0 fully saturated rings. The van der Waals surface area contributed by atoms with Gasteiger partial charge < -0.3 is 19.5 Å². The molecule has 0 unspecified atom stereocenters. The molecule has 0 aliphatic rings. The maximum atomic E-state index is 13.3. The minimum absolute atomic E-state index is 0.0331. The summed E-state index contributed by atoms with van der Waals surface area (Å²) in [5, 5.41) is 2.99. The molecule has 1 aromatic carbocycles. The van der Waals surface area contributed by atoms with Gasteiger partial charge in [-0.15, -0.1) is 0 Å². The number of benzene rings is 1. The standard InChI is InChI=1S/C25H37N3O3/c1-7-19(2)28(24(30)26-25(4,5)6)18-23(29)27(17-22-14-13-20(3)31-22)16-15-21-11-9-8-10-12-21/h8-14,19H,7,15-18H2,1-6H3,(H,26,30)/t19-/m1/s1. The van der Waals surface area contributed by atoms with Crippen molar-refractivity contribution in [2.24, 2.45) is 0 Å². The molecule has 0 aliphatic heterocycles. The van der Waals surface area contributed by atoms with Crippen LogP contribution in [0, 0.1) is 6.92 Å². The maximum Gasteiger partial charge on any atom is 0.318 e. The van der Waals surface area contributed by atoms with E-state index in [4.69, 9.17) is 4.42 Å². The quantitative estimate of drug-likeness (QED) is 0.627. The van der Waals surface area contributed by atoms with Gasteiger partial charge in [0.15, 0.2) is 0 Å². The minimum atomic E-state index is -0.371. The average Bonchev–Trinajstić information content (AvgIpc) is 3.12. The lowest BCUT2D eigenvalue weighted by Gasteiger charge is -2.33. The first-order valence-electron chi connectivity index (χ1n) is 11.0. The van der Waals surface area contributed by atoms with E-state index in [-0.39, 0.29) is 30.1 Å². The van der Waals surface area contributed by atoms with Gasteiger partial charge in [0.25, 0.3) is 0 Å². The van der Waals surface area contributed by atoms with E-state index < -0.39 is 0 Å². The largest absolute Gasteiger partial charge is 0.464 e. The highest BCUT2D eigenvalue weighted by molar-refractivity contribution is 5.84. The number of rotatable bonds is 9. The summed E-state index contributed by atoms with van der Waals surface area (Å²) in [7, 11) is 0. The summed E-state index contributed by atoms with van der Waals surface area (Å²) in [4.78, 5) is 29.6. The van der Waals surface area contributed by atoms with Crippen molar-refractivity contribution in [2.75, 3.05) is 13.1 Å². The van der Waals surface area contributed by atoms with Gasteiger partial charge >= 0.3 is 6.03 Å². The fourth-order valence-corrected chi connectivity index (χ4v) is 3.25. The number of furan rings is 1. The van der Waals surface area contributed by atoms with E-state index in [1.807, 2.05) is 71.9 Å². The van der Waals surface area contributed by atoms with E-state index in [0.717, 1.165) is 24.4 Å². The van der Waals surface area contributed by atoms with Crippen LogP contribution < -0.4 is 5.32 Å². The number of amides is 3. The molecule has 0 spiro atoms. The molecule has 6 heteroatoms. The molecule has 2 aromatic rings. The normalized spacial score (nSPS) is 12.3. The Morgan fingerprint density at radius 3 is 2.32 bits per heavy atom. The number of carbonyl (C=O) groups is 2. The summed E-state index contributed by atoms with van der Waals surface area (Å²) in [5.41, 5.74) is 0.796. The maximum absolute atomic E-state index is 13.3. The SMILES string of the molecule is CC[C@@H](C)N(CC(=O)N(CCc1ccccc1)Cc1ccc(C)o1)C(=O)NC(C)(C)C. The third-order valence-electron chi connectivity index (χ3n) is 5.18. The Hall–Kier alpha value is -2.76. The van der Waals surface area contributed by atoms with Gasteiger partial charge in [-0.1, -0.05) is 37.3 Å². The third kappa shape index (κ3) is 8.12. The molecule has 170 valence electrons. The van der Waals surface area contributed by atoms with Crippen molar-refractivity contribution in [3.63, 3.8) is 0 Å². The van der Waals surface area contributed by atoms with Crippen molar-refractivity contribution in [3.05, 3.63) is 59.5 Å². The molecule has 0 saturated heterocycles. The smallest absolute Gasteiger partial charge is 0.318 e. The number of hydrogen-bond donors (Lipinski definition) is 1. The van der Waals surface area contributed by atoms with Crippen LogP contribution in [0.1, 0.15) is 58.1 Å². The van der Waals surface area contributed by atoms with E-state index >= 15 is 0 Å². The van der Waals surface area contributed by atoms with E-state index in [9.17, 15) is 9.59 Å². The molecule has 1 N–H and O–H groups in total. The highest BCUT2D eigenvalue weighted by Gasteiger charge is 2.27. The van der Waals surface area contributed by atoms with Gasteiger partial charge in [-0.25, -0.2) is 4.79 Å². The third-order valence-corrected chi connectivity index (χ3v) is 5.18.